The maximum Gasteiger partial charge on any atom is 0.259 e. The van der Waals surface area contributed by atoms with Crippen LogP contribution in [-0.4, -0.2) is 90.9 Å². The predicted molar refractivity (Wildman–Crippen MR) is 172 cm³/mol. The largest absolute Gasteiger partial charge is 0.495 e. The molecular formula is C31H39BrN4O9S. The summed E-state index contributed by atoms with van der Waals surface area (Å²) < 4.78 is 45.4. The fraction of sp³-hybridized carbons (Fsp3) is 0.548. The number of likely N-dealkylation sites (tertiary alicyclic amines) is 1. The standard InChI is InChI=1S/C31H39BrN4O9S/c1-6-17-14-31(17,28(39)35-46(41,42)19-8-9-19)34-27(38)21-12-18(15-36(21)29(40)30(3,4)16-37)45-23-13-24(44-7-2)33-26-20(23)10-11-22(43-5)25(26)32/h6,10-11,13,17-19,21,37H,1,7-9,12,14-16H2,2-5H3,(H,34,38)(H,35,39)/t17?,18-,21+,31-/m1/s1. The second kappa shape index (κ2) is 12.6. The van der Waals surface area contributed by atoms with Gasteiger partial charge in [-0.3, -0.25) is 19.1 Å². The van der Waals surface area contributed by atoms with Crippen molar-refractivity contribution in [1.29, 1.82) is 0 Å². The molecule has 2 aliphatic carbocycles. The number of nitrogens with zero attached hydrogens (tertiary/aromatic N) is 2. The Hall–Kier alpha value is -3.43. The van der Waals surface area contributed by atoms with Gasteiger partial charge in [-0.25, -0.2) is 13.4 Å². The number of nitrogens with one attached hydrogen (secondary N) is 2. The first-order valence-electron chi connectivity index (χ1n) is 15.1. The Labute approximate surface area is 276 Å². The molecule has 4 atom stereocenters. The molecule has 0 spiro atoms. The van der Waals surface area contributed by atoms with E-state index in [-0.39, 0.29) is 19.4 Å². The van der Waals surface area contributed by atoms with Crippen molar-refractivity contribution in [3.05, 3.63) is 35.3 Å². The quantitative estimate of drug-likeness (QED) is 0.261. The molecule has 1 saturated heterocycles. The van der Waals surface area contributed by atoms with Gasteiger partial charge in [0.05, 0.1) is 47.5 Å². The summed E-state index contributed by atoms with van der Waals surface area (Å²) >= 11 is 3.54. The molecule has 3 N–H and O–H groups in total. The van der Waals surface area contributed by atoms with Crippen molar-refractivity contribution in [3.8, 4) is 17.4 Å². The average molecular weight is 724 g/mol. The van der Waals surface area contributed by atoms with Crippen LogP contribution in [0.1, 0.15) is 46.5 Å². The highest BCUT2D eigenvalue weighted by Gasteiger charge is 2.62. The number of pyridine rings is 1. The van der Waals surface area contributed by atoms with E-state index in [2.05, 4.69) is 37.5 Å². The second-order valence-corrected chi connectivity index (χ2v) is 15.3. The van der Waals surface area contributed by atoms with Crippen LogP contribution < -0.4 is 24.2 Å². The van der Waals surface area contributed by atoms with Crippen molar-refractivity contribution < 1.29 is 42.1 Å². The zero-order chi connectivity index (χ0) is 33.6. The molecule has 3 aliphatic rings. The molecule has 1 aromatic carbocycles. The number of rotatable bonds is 13. The van der Waals surface area contributed by atoms with Crippen LogP contribution in [0.5, 0.6) is 17.4 Å². The number of aliphatic hydroxyl groups excluding tert-OH is 1. The summed E-state index contributed by atoms with van der Waals surface area (Å²) in [5.74, 6) is -1.17. The minimum absolute atomic E-state index is 0.00556. The van der Waals surface area contributed by atoms with Gasteiger partial charge < -0.3 is 29.5 Å². The van der Waals surface area contributed by atoms with Gasteiger partial charge in [-0.1, -0.05) is 6.08 Å². The number of aromatic nitrogens is 1. The number of carbonyl (C=O) groups excluding carboxylic acids is 3. The molecule has 2 saturated carbocycles. The lowest BCUT2D eigenvalue weighted by Crippen LogP contribution is -2.57. The van der Waals surface area contributed by atoms with Gasteiger partial charge in [0.25, 0.3) is 5.91 Å². The number of sulfonamides is 1. The molecule has 5 rings (SSSR count). The van der Waals surface area contributed by atoms with Crippen molar-refractivity contribution in [2.75, 3.05) is 26.9 Å². The van der Waals surface area contributed by atoms with Gasteiger partial charge in [0.15, 0.2) is 0 Å². The van der Waals surface area contributed by atoms with Crippen LogP contribution >= 0.6 is 15.9 Å². The summed E-state index contributed by atoms with van der Waals surface area (Å²) in [5.41, 5.74) is -2.20. The zero-order valence-corrected chi connectivity index (χ0v) is 28.6. The summed E-state index contributed by atoms with van der Waals surface area (Å²) in [5, 5.41) is 12.7. The van der Waals surface area contributed by atoms with Crippen LogP contribution in [0.3, 0.4) is 0 Å². The Morgan fingerprint density at radius 2 is 1.98 bits per heavy atom. The molecule has 15 heteroatoms. The van der Waals surface area contributed by atoms with E-state index in [0.29, 0.717) is 52.2 Å². The van der Waals surface area contributed by atoms with Gasteiger partial charge in [-0.05, 0) is 68.1 Å². The van der Waals surface area contributed by atoms with Crippen molar-refractivity contribution in [3.63, 3.8) is 0 Å². The highest BCUT2D eigenvalue weighted by molar-refractivity contribution is 9.10. The lowest BCUT2D eigenvalue weighted by atomic mass is 9.92. The van der Waals surface area contributed by atoms with Crippen molar-refractivity contribution in [2.24, 2.45) is 11.3 Å². The normalized spacial score (nSPS) is 24.3. The lowest BCUT2D eigenvalue weighted by Gasteiger charge is -2.32. The van der Waals surface area contributed by atoms with Crippen LogP contribution in [0, 0.1) is 11.3 Å². The maximum absolute atomic E-state index is 13.9. The Morgan fingerprint density at radius 1 is 1.26 bits per heavy atom. The molecule has 1 unspecified atom stereocenters. The van der Waals surface area contributed by atoms with E-state index in [1.54, 1.807) is 32.0 Å². The number of benzene rings is 1. The third-order valence-corrected chi connectivity index (χ3v) is 11.3. The third-order valence-electron chi connectivity index (χ3n) is 8.68. The summed E-state index contributed by atoms with van der Waals surface area (Å²) in [7, 11) is -2.32. The molecule has 0 bridgehead atoms. The van der Waals surface area contributed by atoms with E-state index in [0.717, 1.165) is 0 Å². The Bertz CT molecular complexity index is 1680. The van der Waals surface area contributed by atoms with Crippen LogP contribution in [-0.2, 0) is 24.4 Å². The Kier molecular flexibility index (Phi) is 9.32. The maximum atomic E-state index is 13.9. The van der Waals surface area contributed by atoms with Crippen molar-refractivity contribution in [1.82, 2.24) is 19.9 Å². The summed E-state index contributed by atoms with van der Waals surface area (Å²) in [6.07, 6.45) is 1.98. The van der Waals surface area contributed by atoms with E-state index in [9.17, 15) is 27.9 Å². The highest BCUT2D eigenvalue weighted by atomic mass is 79.9. The third kappa shape index (κ3) is 6.41. The number of hydrogen-bond acceptors (Lipinski definition) is 10. The SMILES string of the molecule is C=CC1C[C@]1(NC(=O)[C@@H]1C[C@@H](Oc2cc(OCC)nc3c(Br)c(OC)ccc23)CN1C(=O)C(C)(C)CO)C(=O)NS(=O)(=O)C1CC1. The average Bonchev–Trinajstić information content (AvgIpc) is 3.94. The first kappa shape index (κ1) is 33.9. The number of aliphatic hydroxyl groups is 1. The van der Waals surface area contributed by atoms with Crippen LogP contribution in [0.25, 0.3) is 10.9 Å². The highest BCUT2D eigenvalue weighted by Crippen LogP contribution is 2.46. The number of halogens is 1. The smallest absolute Gasteiger partial charge is 0.259 e. The van der Waals surface area contributed by atoms with Gasteiger partial charge >= 0.3 is 0 Å². The van der Waals surface area contributed by atoms with E-state index in [1.165, 1.54) is 18.1 Å². The number of amides is 3. The molecule has 46 heavy (non-hydrogen) atoms. The Balaban J connectivity index is 1.44. The zero-order valence-electron chi connectivity index (χ0n) is 26.2. The van der Waals surface area contributed by atoms with Gasteiger partial charge in [0, 0.05) is 23.8 Å². The van der Waals surface area contributed by atoms with Crippen LogP contribution in [0.2, 0.25) is 0 Å². The minimum atomic E-state index is -3.86. The van der Waals surface area contributed by atoms with Gasteiger partial charge in [0.2, 0.25) is 27.7 Å². The monoisotopic (exact) mass is 722 g/mol. The topological polar surface area (TPSA) is 173 Å². The molecule has 250 valence electrons. The van der Waals surface area contributed by atoms with Gasteiger partial charge in [0.1, 0.15) is 29.2 Å². The number of methoxy groups -OCH3 is 1. The van der Waals surface area contributed by atoms with Gasteiger partial charge in [-0.15, -0.1) is 6.58 Å². The minimum Gasteiger partial charge on any atom is -0.495 e. The van der Waals surface area contributed by atoms with Crippen LogP contribution in [0.4, 0.5) is 0 Å². The molecule has 2 aromatic rings. The first-order chi connectivity index (χ1) is 21.7. The summed E-state index contributed by atoms with van der Waals surface area (Å²) in [4.78, 5) is 46.8. The van der Waals surface area contributed by atoms with E-state index in [4.69, 9.17) is 14.2 Å². The van der Waals surface area contributed by atoms with Crippen molar-refractivity contribution in [2.45, 2.75) is 69.4 Å². The van der Waals surface area contributed by atoms with E-state index in [1.807, 2.05) is 6.92 Å². The Morgan fingerprint density at radius 3 is 2.57 bits per heavy atom. The number of carbonyl (C=O) groups is 3. The molecule has 13 nitrogen and oxygen atoms in total. The predicted octanol–water partition coefficient (Wildman–Crippen LogP) is 2.44. The molecular weight excluding hydrogens is 684 g/mol. The molecule has 3 amide bonds. The first-order valence-corrected chi connectivity index (χ1v) is 17.4. The number of ether oxygens (including phenoxy) is 3. The van der Waals surface area contributed by atoms with E-state index < -0.39 is 68.6 Å². The van der Waals surface area contributed by atoms with E-state index >= 15 is 0 Å². The lowest BCUT2D eigenvalue weighted by molar-refractivity contribution is -0.147. The molecule has 1 aliphatic heterocycles. The molecule has 2 heterocycles. The van der Waals surface area contributed by atoms with Gasteiger partial charge in [-0.2, -0.15) is 0 Å². The summed E-state index contributed by atoms with van der Waals surface area (Å²) in [6, 6.07) is 4.10. The van der Waals surface area contributed by atoms with Crippen molar-refractivity contribution >= 4 is 54.6 Å². The fourth-order valence-corrected chi connectivity index (χ4v) is 7.63. The van der Waals surface area contributed by atoms with Crippen LogP contribution in [0.15, 0.2) is 35.3 Å². The molecule has 0 radical (unpaired) electrons. The fourth-order valence-electron chi connectivity index (χ4n) is 5.67. The number of hydrogen-bond donors (Lipinski definition) is 3. The summed E-state index contributed by atoms with van der Waals surface area (Å²) in [6.45, 7) is 8.60. The molecule has 1 aromatic heterocycles. The molecule has 3 fully saturated rings. The second-order valence-electron chi connectivity index (χ2n) is 12.5. The number of fused-ring (bicyclic) bond motifs is 1.